The lowest BCUT2D eigenvalue weighted by Gasteiger charge is -2.04. The van der Waals surface area contributed by atoms with Crippen LogP contribution in [0.1, 0.15) is 10.8 Å². The summed E-state index contributed by atoms with van der Waals surface area (Å²) >= 11 is 5.42. The Hall–Kier alpha value is -0.480. The van der Waals surface area contributed by atoms with Crippen LogP contribution in [0.2, 0.25) is 0 Å². The van der Waals surface area contributed by atoms with Gasteiger partial charge in [0, 0.05) is 10.6 Å². The number of hydrogen-bond acceptors (Lipinski definition) is 3. The summed E-state index contributed by atoms with van der Waals surface area (Å²) in [5, 5.41) is 10.6. The zero-order chi connectivity index (χ0) is 8.27. The van der Waals surface area contributed by atoms with E-state index in [9.17, 15) is 4.79 Å². The predicted molar refractivity (Wildman–Crippen MR) is 48.5 cm³/mol. The normalized spacial score (nSPS) is 12.8. The number of thiophene rings is 1. The van der Waals surface area contributed by atoms with E-state index in [2.05, 4.69) is 12.6 Å². The first-order chi connectivity index (χ1) is 5.25. The highest BCUT2D eigenvalue weighted by molar-refractivity contribution is 7.80. The molecule has 60 valence electrons. The van der Waals surface area contributed by atoms with E-state index in [4.69, 9.17) is 5.11 Å². The SMILES string of the molecule is O=C(O)C(CS)c1cccs1. The van der Waals surface area contributed by atoms with E-state index in [-0.39, 0.29) is 0 Å². The van der Waals surface area contributed by atoms with Crippen molar-refractivity contribution in [2.24, 2.45) is 0 Å². The van der Waals surface area contributed by atoms with Crippen molar-refractivity contribution in [3.05, 3.63) is 22.4 Å². The van der Waals surface area contributed by atoms with Crippen molar-refractivity contribution in [3.63, 3.8) is 0 Å². The summed E-state index contributed by atoms with van der Waals surface area (Å²) in [6.45, 7) is 0. The molecular formula is C7H8O2S2. The van der Waals surface area contributed by atoms with Crippen molar-refractivity contribution < 1.29 is 9.90 Å². The topological polar surface area (TPSA) is 37.3 Å². The van der Waals surface area contributed by atoms with Crippen molar-refractivity contribution in [1.82, 2.24) is 0 Å². The minimum Gasteiger partial charge on any atom is -0.481 e. The van der Waals surface area contributed by atoms with Crippen molar-refractivity contribution >= 4 is 29.9 Å². The van der Waals surface area contributed by atoms with Gasteiger partial charge in [-0.25, -0.2) is 0 Å². The maximum Gasteiger partial charge on any atom is 0.312 e. The summed E-state index contributed by atoms with van der Waals surface area (Å²) in [6, 6.07) is 3.67. The zero-order valence-electron chi connectivity index (χ0n) is 5.73. The minimum atomic E-state index is -0.803. The van der Waals surface area contributed by atoms with Gasteiger partial charge in [0.15, 0.2) is 0 Å². The van der Waals surface area contributed by atoms with Crippen molar-refractivity contribution in [2.75, 3.05) is 5.75 Å². The van der Waals surface area contributed by atoms with Gasteiger partial charge >= 0.3 is 5.97 Å². The van der Waals surface area contributed by atoms with Gasteiger partial charge in [-0.1, -0.05) is 6.07 Å². The average molecular weight is 188 g/mol. The number of hydrogen-bond donors (Lipinski definition) is 2. The van der Waals surface area contributed by atoms with Crippen molar-refractivity contribution in [1.29, 1.82) is 0 Å². The fraction of sp³-hybridized carbons (Fsp3) is 0.286. The van der Waals surface area contributed by atoms with Gasteiger partial charge in [0.2, 0.25) is 0 Å². The number of carbonyl (C=O) groups is 1. The zero-order valence-corrected chi connectivity index (χ0v) is 7.44. The Kier molecular flexibility index (Phi) is 2.96. The summed E-state index contributed by atoms with van der Waals surface area (Å²) in [5.41, 5.74) is 0. The van der Waals surface area contributed by atoms with E-state index in [1.165, 1.54) is 11.3 Å². The highest BCUT2D eigenvalue weighted by Gasteiger charge is 2.18. The summed E-state index contributed by atoms with van der Waals surface area (Å²) in [6.07, 6.45) is 0. The molecule has 0 aromatic carbocycles. The Morgan fingerprint density at radius 2 is 2.55 bits per heavy atom. The molecule has 1 rings (SSSR count). The molecule has 1 N–H and O–H groups in total. The Morgan fingerprint density at radius 1 is 1.82 bits per heavy atom. The first kappa shape index (κ1) is 8.62. The second-order valence-electron chi connectivity index (χ2n) is 2.09. The number of carboxylic acid groups (broad SMARTS) is 1. The number of thiol groups is 1. The van der Waals surface area contributed by atoms with Crippen LogP contribution in [0.5, 0.6) is 0 Å². The summed E-state index contributed by atoms with van der Waals surface area (Å²) in [7, 11) is 0. The van der Waals surface area contributed by atoms with Gasteiger partial charge in [-0.2, -0.15) is 12.6 Å². The number of aliphatic carboxylic acids is 1. The summed E-state index contributed by atoms with van der Waals surface area (Å²) in [4.78, 5) is 11.5. The summed E-state index contributed by atoms with van der Waals surface area (Å²) < 4.78 is 0. The van der Waals surface area contributed by atoms with Gasteiger partial charge in [0.05, 0.1) is 5.92 Å². The van der Waals surface area contributed by atoms with Crippen LogP contribution in [-0.2, 0) is 4.79 Å². The van der Waals surface area contributed by atoms with Crippen LogP contribution >= 0.6 is 24.0 Å². The third-order valence-electron chi connectivity index (χ3n) is 1.37. The molecule has 0 aliphatic rings. The smallest absolute Gasteiger partial charge is 0.312 e. The Labute approximate surface area is 74.3 Å². The predicted octanol–water partition coefficient (Wildman–Crippen LogP) is 1.85. The molecule has 1 heterocycles. The molecule has 0 bridgehead atoms. The van der Waals surface area contributed by atoms with E-state index in [0.717, 1.165) is 4.88 Å². The lowest BCUT2D eigenvalue weighted by Crippen LogP contribution is -2.11. The van der Waals surface area contributed by atoms with Gasteiger partial charge in [0.1, 0.15) is 0 Å². The lowest BCUT2D eigenvalue weighted by molar-refractivity contribution is -0.138. The standard InChI is InChI=1S/C7H8O2S2/c8-7(9)5(4-10)6-2-1-3-11-6/h1-3,5,10H,4H2,(H,8,9). The third kappa shape index (κ3) is 1.97. The van der Waals surface area contributed by atoms with E-state index < -0.39 is 11.9 Å². The van der Waals surface area contributed by atoms with Crippen LogP contribution in [0.15, 0.2) is 17.5 Å². The van der Waals surface area contributed by atoms with Gasteiger partial charge in [-0.05, 0) is 11.4 Å². The minimum absolute atomic E-state index is 0.357. The third-order valence-corrected chi connectivity index (χ3v) is 2.72. The molecule has 1 atom stereocenters. The van der Waals surface area contributed by atoms with Crippen LogP contribution in [0, 0.1) is 0 Å². The van der Waals surface area contributed by atoms with E-state index in [1.54, 1.807) is 0 Å². The molecule has 0 aliphatic heterocycles. The van der Waals surface area contributed by atoms with Gasteiger partial charge in [-0.15, -0.1) is 11.3 Å². The summed E-state index contributed by atoms with van der Waals surface area (Å²) in [5.74, 6) is -0.892. The molecule has 0 fully saturated rings. The molecule has 0 amide bonds. The van der Waals surface area contributed by atoms with E-state index in [1.807, 2.05) is 17.5 Å². The molecule has 0 saturated heterocycles. The highest BCUT2D eigenvalue weighted by Crippen LogP contribution is 2.22. The number of carboxylic acids is 1. The fourth-order valence-electron chi connectivity index (χ4n) is 0.779. The van der Waals surface area contributed by atoms with Crippen molar-refractivity contribution in [2.45, 2.75) is 5.92 Å². The van der Waals surface area contributed by atoms with Gasteiger partial charge in [-0.3, -0.25) is 4.79 Å². The Balaban J connectivity index is 2.79. The molecule has 4 heteroatoms. The highest BCUT2D eigenvalue weighted by atomic mass is 32.1. The van der Waals surface area contributed by atoms with Gasteiger partial charge in [0.25, 0.3) is 0 Å². The molecule has 0 saturated carbocycles. The molecule has 1 unspecified atom stereocenters. The maximum atomic E-state index is 10.6. The van der Waals surface area contributed by atoms with Crippen LogP contribution in [0.4, 0.5) is 0 Å². The van der Waals surface area contributed by atoms with Crippen LogP contribution in [0.3, 0.4) is 0 Å². The first-order valence-electron chi connectivity index (χ1n) is 3.12. The quantitative estimate of drug-likeness (QED) is 0.710. The van der Waals surface area contributed by atoms with Gasteiger partial charge < -0.3 is 5.11 Å². The fourth-order valence-corrected chi connectivity index (χ4v) is 2.08. The molecule has 2 nitrogen and oxygen atoms in total. The van der Waals surface area contributed by atoms with E-state index >= 15 is 0 Å². The largest absolute Gasteiger partial charge is 0.481 e. The Bertz CT molecular complexity index is 231. The average Bonchev–Trinajstić information content (AvgIpc) is 2.40. The van der Waals surface area contributed by atoms with Crippen LogP contribution in [-0.4, -0.2) is 16.8 Å². The molecule has 0 spiro atoms. The molecule has 11 heavy (non-hydrogen) atoms. The van der Waals surface area contributed by atoms with Crippen LogP contribution in [0.25, 0.3) is 0 Å². The van der Waals surface area contributed by atoms with Crippen LogP contribution < -0.4 is 0 Å². The molecule has 1 aromatic rings. The second-order valence-corrected chi connectivity index (χ2v) is 3.43. The number of rotatable bonds is 3. The van der Waals surface area contributed by atoms with E-state index in [0.29, 0.717) is 5.75 Å². The molecule has 0 aliphatic carbocycles. The molecule has 1 aromatic heterocycles. The molecular weight excluding hydrogens is 180 g/mol. The lowest BCUT2D eigenvalue weighted by atomic mass is 10.1. The second kappa shape index (κ2) is 3.78. The Morgan fingerprint density at radius 3 is 2.91 bits per heavy atom. The van der Waals surface area contributed by atoms with Crippen molar-refractivity contribution in [3.8, 4) is 0 Å². The monoisotopic (exact) mass is 188 g/mol. The molecule has 0 radical (unpaired) electrons. The maximum absolute atomic E-state index is 10.6. The first-order valence-corrected chi connectivity index (χ1v) is 4.64.